The molecule has 2 aliphatic heterocycles. The Morgan fingerprint density at radius 3 is 1.73 bits per heavy atom. The number of epoxide rings is 1. The fraction of sp³-hybridized carbons (Fsp3) is 0.980. The van der Waals surface area contributed by atoms with Crippen LogP contribution in [0.1, 0.15) is 247 Å². The zero-order chi connectivity index (χ0) is 39.2. The molecule has 1 saturated carbocycles. The van der Waals surface area contributed by atoms with Crippen molar-refractivity contribution in [3.63, 3.8) is 0 Å². The smallest absolute Gasteiger partial charge is 0.306 e. The van der Waals surface area contributed by atoms with E-state index in [1.165, 1.54) is 180 Å². The van der Waals surface area contributed by atoms with Crippen LogP contribution in [0.15, 0.2) is 0 Å². The molecule has 3 rings (SSSR count). The molecule has 0 radical (unpaired) electrons. The van der Waals surface area contributed by atoms with Crippen LogP contribution < -0.4 is 5.32 Å². The molecule has 2 saturated heterocycles. The topological polar surface area (TPSA) is 69.3 Å². The van der Waals surface area contributed by atoms with Gasteiger partial charge in [0.2, 0.25) is 0 Å². The Labute approximate surface area is 343 Å². The van der Waals surface area contributed by atoms with Crippen molar-refractivity contribution in [3.8, 4) is 0 Å². The van der Waals surface area contributed by atoms with Gasteiger partial charge < -0.3 is 24.3 Å². The number of esters is 1. The summed E-state index contributed by atoms with van der Waals surface area (Å²) in [6.07, 6.45) is 42.8. The van der Waals surface area contributed by atoms with Gasteiger partial charge in [-0.1, -0.05) is 169 Å². The highest BCUT2D eigenvalue weighted by Gasteiger charge is 2.49. The largest absolute Gasteiger partial charge is 0.462 e. The Bertz CT molecular complexity index is 891. The summed E-state index contributed by atoms with van der Waals surface area (Å²) >= 11 is 0. The van der Waals surface area contributed by atoms with Crippen molar-refractivity contribution in [2.24, 2.45) is 11.3 Å². The van der Waals surface area contributed by atoms with Gasteiger partial charge in [-0.05, 0) is 76.5 Å². The molecule has 1 aliphatic carbocycles. The van der Waals surface area contributed by atoms with E-state index in [4.69, 9.17) is 18.9 Å². The van der Waals surface area contributed by atoms with E-state index >= 15 is 0 Å². The number of ether oxygens (including phenoxy) is 4. The van der Waals surface area contributed by atoms with Gasteiger partial charge >= 0.3 is 5.97 Å². The third-order valence-electron chi connectivity index (χ3n) is 12.9. The molecule has 1 N–H and O–H groups in total. The molecule has 3 aliphatic rings. The first-order valence-corrected chi connectivity index (χ1v) is 24.7. The van der Waals surface area contributed by atoms with Crippen molar-refractivity contribution >= 4 is 5.97 Å². The van der Waals surface area contributed by atoms with Gasteiger partial charge in [0.1, 0.15) is 12.2 Å². The number of carbonyl (C=O) groups excluding carboxylic acids is 1. The summed E-state index contributed by atoms with van der Waals surface area (Å²) in [5.74, 6) is 0.887. The number of unbranched alkanes of at least 4 members (excludes halogenated alkanes) is 20. The molecule has 0 aromatic rings. The van der Waals surface area contributed by atoms with Crippen LogP contribution in [0.4, 0.5) is 0 Å². The molecule has 0 aromatic heterocycles. The molecule has 3 fully saturated rings. The molecule has 6 heteroatoms. The van der Waals surface area contributed by atoms with Crippen molar-refractivity contribution in [1.29, 1.82) is 0 Å². The molecule has 55 heavy (non-hydrogen) atoms. The van der Waals surface area contributed by atoms with Crippen molar-refractivity contribution in [2.45, 2.75) is 277 Å². The molecule has 6 nitrogen and oxygen atoms in total. The number of carbonyl (C=O) groups is 1. The van der Waals surface area contributed by atoms with E-state index in [0.29, 0.717) is 30.0 Å². The summed E-state index contributed by atoms with van der Waals surface area (Å²) in [5, 5.41) is 4.07. The molecule has 0 aromatic carbocycles. The van der Waals surface area contributed by atoms with Crippen LogP contribution >= 0.6 is 0 Å². The quantitative estimate of drug-likeness (QED) is 0.0380. The fourth-order valence-electron chi connectivity index (χ4n) is 9.15. The minimum absolute atomic E-state index is 0. The average molecular weight is 778 g/mol. The van der Waals surface area contributed by atoms with Crippen molar-refractivity contribution in [3.05, 3.63) is 0 Å². The van der Waals surface area contributed by atoms with E-state index in [2.05, 4.69) is 33.0 Å². The lowest BCUT2D eigenvalue weighted by Crippen LogP contribution is -2.60. The van der Waals surface area contributed by atoms with Crippen LogP contribution in [0.2, 0.25) is 0 Å². The second-order valence-electron chi connectivity index (χ2n) is 19.0. The minimum Gasteiger partial charge on any atom is -0.462 e. The highest BCUT2D eigenvalue weighted by Crippen LogP contribution is 2.47. The van der Waals surface area contributed by atoms with Crippen molar-refractivity contribution < 1.29 is 25.2 Å². The zero-order valence-electron chi connectivity index (χ0n) is 37.2. The van der Waals surface area contributed by atoms with Crippen molar-refractivity contribution in [1.82, 2.24) is 5.32 Å². The molecule has 1 spiro atoms. The highest BCUT2D eigenvalue weighted by molar-refractivity contribution is 5.69. The van der Waals surface area contributed by atoms with Gasteiger partial charge in [-0.3, -0.25) is 4.79 Å². The van der Waals surface area contributed by atoms with Crippen LogP contribution in [0.25, 0.3) is 0 Å². The number of hydrogen-bond acceptors (Lipinski definition) is 6. The maximum atomic E-state index is 12.9. The number of hydrogen-bond donors (Lipinski definition) is 1. The van der Waals surface area contributed by atoms with Crippen molar-refractivity contribution in [2.75, 3.05) is 19.8 Å². The van der Waals surface area contributed by atoms with E-state index in [0.717, 1.165) is 57.8 Å². The molecule has 2 heterocycles. The molecule has 0 amide bonds. The van der Waals surface area contributed by atoms with E-state index in [-0.39, 0.29) is 19.8 Å². The molecule has 3 unspecified atom stereocenters. The second-order valence-corrected chi connectivity index (χ2v) is 19.0. The van der Waals surface area contributed by atoms with E-state index in [1.54, 1.807) is 0 Å². The number of rotatable bonds is 40. The van der Waals surface area contributed by atoms with Crippen LogP contribution in [0.5, 0.6) is 0 Å². The summed E-state index contributed by atoms with van der Waals surface area (Å²) in [5.41, 5.74) is 0.513. The maximum Gasteiger partial charge on any atom is 0.306 e. The van der Waals surface area contributed by atoms with Gasteiger partial charge in [0.05, 0.1) is 13.2 Å². The van der Waals surface area contributed by atoms with E-state index in [9.17, 15) is 4.79 Å². The maximum absolute atomic E-state index is 12.9. The van der Waals surface area contributed by atoms with E-state index in [1.807, 2.05) is 0 Å². The summed E-state index contributed by atoms with van der Waals surface area (Å²) < 4.78 is 23.4. The predicted molar refractivity (Wildman–Crippen MR) is 234 cm³/mol. The monoisotopic (exact) mass is 778 g/mol. The van der Waals surface area contributed by atoms with Gasteiger partial charge in [-0.15, -0.1) is 0 Å². The average Bonchev–Trinajstić information content (AvgIpc) is 3.89. The first kappa shape index (κ1) is 48.7. The lowest BCUT2D eigenvalue weighted by Gasteiger charge is -2.54. The first-order valence-electron chi connectivity index (χ1n) is 24.7. The number of nitrogens with one attached hydrogen (secondary N) is 1. The van der Waals surface area contributed by atoms with Gasteiger partial charge in [0.25, 0.3) is 0 Å². The molecule has 0 bridgehead atoms. The summed E-state index contributed by atoms with van der Waals surface area (Å²) in [7, 11) is 0. The molecule has 3 atom stereocenters. The van der Waals surface area contributed by atoms with Gasteiger partial charge in [0.15, 0.2) is 6.29 Å². The predicted octanol–water partition coefficient (Wildman–Crippen LogP) is 14.2. The fourth-order valence-corrected chi connectivity index (χ4v) is 9.15. The highest BCUT2D eigenvalue weighted by atomic mass is 16.8. The van der Waals surface area contributed by atoms with Gasteiger partial charge in [-0.2, -0.15) is 0 Å². The SMILES string of the molecule is CCCCCCCCC(CCCCCCCC)OC(=O)CCCCCCC(CCCCCCC1OC1OCCCCCCCC(C)C)NC1CC2(COC2)C1.[HH]. The van der Waals surface area contributed by atoms with E-state index < -0.39 is 0 Å². The standard InChI is InChI=1S/C49H93NO5.H2/c1-5-7-9-11-15-25-33-45(34-26-16-12-10-8-6-2)54-47(51)36-28-20-18-24-32-43(50-44-38-49(39-44)40-52-41-49)31-23-17-19-27-35-46-48(55-46)53-37-29-21-13-14-22-30-42(3)4;/h42-46,48,50H,5-41H2,1-4H3;1H. The summed E-state index contributed by atoms with van der Waals surface area (Å²) in [6, 6.07) is 1.30. The Hall–Kier alpha value is -0.690. The van der Waals surface area contributed by atoms with Crippen LogP contribution in [-0.4, -0.2) is 56.4 Å². The Morgan fingerprint density at radius 1 is 0.655 bits per heavy atom. The molecule has 326 valence electrons. The second kappa shape index (κ2) is 31.3. The lowest BCUT2D eigenvalue weighted by atomic mass is 9.64. The molecular weight excluding hydrogens is 683 g/mol. The summed E-state index contributed by atoms with van der Waals surface area (Å²) in [4.78, 5) is 12.9. The Kier molecular flexibility index (Phi) is 27.7. The third-order valence-corrected chi connectivity index (χ3v) is 12.9. The minimum atomic E-state index is 0. The summed E-state index contributed by atoms with van der Waals surface area (Å²) in [6.45, 7) is 12.0. The Balaban J connectivity index is 0.0000108. The molecular formula is C49H95NO5. The third kappa shape index (κ3) is 24.1. The lowest BCUT2D eigenvalue weighted by molar-refractivity contribution is -0.168. The first-order chi connectivity index (χ1) is 26.9. The van der Waals surface area contributed by atoms with Gasteiger partial charge in [-0.25, -0.2) is 0 Å². The Morgan fingerprint density at radius 2 is 1.16 bits per heavy atom. The van der Waals surface area contributed by atoms with Crippen LogP contribution in [0, 0.1) is 11.3 Å². The normalized spacial score (nSPS) is 19.6. The zero-order valence-corrected chi connectivity index (χ0v) is 37.2. The van der Waals surface area contributed by atoms with Crippen LogP contribution in [-0.2, 0) is 23.7 Å². The van der Waals surface area contributed by atoms with Gasteiger partial charge in [0, 0.05) is 32.0 Å². The van der Waals surface area contributed by atoms with Crippen LogP contribution in [0.3, 0.4) is 0 Å².